The number of nitrogens with two attached hydrogens (primary N) is 1. The van der Waals surface area contributed by atoms with Crippen molar-refractivity contribution in [2.45, 2.75) is 38.1 Å². The number of hydrogen-bond acceptors (Lipinski definition) is 4. The molecule has 1 aromatic heterocycles. The van der Waals surface area contributed by atoms with Crippen LogP contribution in [0.4, 0.5) is 17.1 Å². The first-order chi connectivity index (χ1) is 12.6. The molecule has 0 spiro atoms. The summed E-state index contributed by atoms with van der Waals surface area (Å²) in [4.78, 5) is 12.8. The Labute approximate surface area is 166 Å². The minimum atomic E-state index is 0. The molecule has 0 saturated heterocycles. The molecule has 146 valence electrons. The highest BCUT2D eigenvalue weighted by atomic mass is 35.5. The fourth-order valence-corrected chi connectivity index (χ4v) is 4.57. The van der Waals surface area contributed by atoms with Crippen molar-refractivity contribution in [3.8, 4) is 0 Å². The topological polar surface area (TPSA) is 85.0 Å². The van der Waals surface area contributed by atoms with Crippen LogP contribution in [0.25, 0.3) is 0 Å². The van der Waals surface area contributed by atoms with Crippen molar-refractivity contribution < 1.29 is 4.79 Å². The summed E-state index contributed by atoms with van der Waals surface area (Å²) >= 11 is 0. The first-order valence-corrected chi connectivity index (χ1v) is 9.50. The highest BCUT2D eigenvalue weighted by Gasteiger charge is 2.40. The maximum absolute atomic E-state index is 12.8. The van der Waals surface area contributed by atoms with E-state index in [1.54, 1.807) is 10.9 Å². The average Bonchev–Trinajstić information content (AvgIpc) is 2.99. The molecular weight excluding hydrogens is 362 g/mol. The third-order valence-electron chi connectivity index (χ3n) is 5.91. The maximum Gasteiger partial charge on any atom is 0.227 e. The molecule has 1 heterocycles. The molecule has 2 fully saturated rings. The van der Waals surface area contributed by atoms with Gasteiger partial charge < -0.3 is 16.4 Å². The summed E-state index contributed by atoms with van der Waals surface area (Å²) in [5, 5.41) is 10.6. The predicted octanol–water partition coefficient (Wildman–Crippen LogP) is 3.68. The molecule has 27 heavy (non-hydrogen) atoms. The van der Waals surface area contributed by atoms with E-state index >= 15 is 0 Å². The Morgan fingerprint density at radius 1 is 1.19 bits per heavy atom. The predicted molar refractivity (Wildman–Crippen MR) is 110 cm³/mol. The third-order valence-corrected chi connectivity index (χ3v) is 5.91. The Hall–Kier alpha value is -2.05. The van der Waals surface area contributed by atoms with Crippen molar-refractivity contribution >= 4 is 35.4 Å². The second-order valence-corrected chi connectivity index (χ2v) is 7.79. The molecule has 2 bridgehead atoms. The van der Waals surface area contributed by atoms with Gasteiger partial charge in [0.15, 0.2) is 0 Å². The molecule has 2 atom stereocenters. The summed E-state index contributed by atoms with van der Waals surface area (Å²) in [6, 6.07) is 8.11. The van der Waals surface area contributed by atoms with Crippen molar-refractivity contribution in [2.24, 2.45) is 30.5 Å². The summed E-state index contributed by atoms with van der Waals surface area (Å²) < 4.78 is 1.75. The second kappa shape index (κ2) is 8.31. The van der Waals surface area contributed by atoms with Gasteiger partial charge in [0, 0.05) is 36.6 Å². The van der Waals surface area contributed by atoms with Crippen LogP contribution in [0.5, 0.6) is 0 Å². The number of hydrogen-bond donors (Lipinski definition) is 3. The van der Waals surface area contributed by atoms with E-state index in [0.29, 0.717) is 17.9 Å². The third kappa shape index (κ3) is 4.45. The van der Waals surface area contributed by atoms with E-state index in [9.17, 15) is 4.79 Å². The number of nitrogens with one attached hydrogen (secondary N) is 2. The molecule has 2 aliphatic rings. The second-order valence-electron chi connectivity index (χ2n) is 7.79. The van der Waals surface area contributed by atoms with Gasteiger partial charge in [-0.05, 0) is 55.7 Å². The molecular formula is C20H28ClN5O. The van der Waals surface area contributed by atoms with Gasteiger partial charge in [-0.3, -0.25) is 9.48 Å². The van der Waals surface area contributed by atoms with Gasteiger partial charge in [0.1, 0.15) is 0 Å². The van der Waals surface area contributed by atoms with E-state index in [1.807, 2.05) is 37.5 Å². The minimum Gasteiger partial charge on any atom is -0.353 e. The Morgan fingerprint density at radius 2 is 1.89 bits per heavy atom. The van der Waals surface area contributed by atoms with E-state index in [1.165, 1.54) is 19.3 Å². The van der Waals surface area contributed by atoms with Gasteiger partial charge in [-0.15, -0.1) is 12.4 Å². The zero-order valence-electron chi connectivity index (χ0n) is 15.6. The molecule has 4 N–H and O–H groups in total. The van der Waals surface area contributed by atoms with Crippen molar-refractivity contribution in [3.63, 3.8) is 0 Å². The number of carbonyl (C=O) groups is 1. The molecule has 1 amide bonds. The molecule has 1 aromatic carbocycles. The summed E-state index contributed by atoms with van der Waals surface area (Å²) in [6.45, 7) is 0. The van der Waals surface area contributed by atoms with Gasteiger partial charge in [0.2, 0.25) is 5.91 Å². The van der Waals surface area contributed by atoms with Crippen LogP contribution in [0.3, 0.4) is 0 Å². The number of aryl methyl sites for hydroxylation is 1. The lowest BCUT2D eigenvalue weighted by Gasteiger charge is -2.43. The first kappa shape index (κ1) is 19.7. The van der Waals surface area contributed by atoms with Crippen LogP contribution in [0, 0.1) is 17.8 Å². The Bertz CT molecular complexity index is 778. The Balaban J connectivity index is 0.00000210. The minimum absolute atomic E-state index is 0. The SMILES string of the molecule is Cl.Cn1cc(Nc2cccc(NC(=O)C3CC4CCCC(C3)C4N)c2)cn1. The number of benzene rings is 1. The number of rotatable bonds is 4. The zero-order chi connectivity index (χ0) is 18.1. The molecule has 2 aliphatic carbocycles. The Kier molecular flexibility index (Phi) is 6.07. The lowest BCUT2D eigenvalue weighted by Crippen LogP contribution is -2.48. The van der Waals surface area contributed by atoms with E-state index in [4.69, 9.17) is 5.73 Å². The summed E-state index contributed by atoms with van der Waals surface area (Å²) in [7, 11) is 1.88. The first-order valence-electron chi connectivity index (χ1n) is 9.50. The highest BCUT2D eigenvalue weighted by Crippen LogP contribution is 2.42. The van der Waals surface area contributed by atoms with Crippen LogP contribution >= 0.6 is 12.4 Å². The van der Waals surface area contributed by atoms with Crippen molar-refractivity contribution in [1.29, 1.82) is 0 Å². The largest absolute Gasteiger partial charge is 0.353 e. The van der Waals surface area contributed by atoms with E-state index in [-0.39, 0.29) is 24.2 Å². The number of amides is 1. The molecule has 4 rings (SSSR count). The molecule has 2 saturated carbocycles. The van der Waals surface area contributed by atoms with Gasteiger partial charge >= 0.3 is 0 Å². The van der Waals surface area contributed by atoms with Gasteiger partial charge in [0.05, 0.1) is 11.9 Å². The molecule has 7 heteroatoms. The van der Waals surface area contributed by atoms with Crippen LogP contribution in [0.1, 0.15) is 32.1 Å². The number of carbonyl (C=O) groups excluding carboxylic acids is 1. The molecule has 6 nitrogen and oxygen atoms in total. The maximum atomic E-state index is 12.8. The number of aromatic nitrogens is 2. The smallest absolute Gasteiger partial charge is 0.227 e. The van der Waals surface area contributed by atoms with Crippen LogP contribution in [-0.2, 0) is 11.8 Å². The number of anilines is 3. The summed E-state index contributed by atoms with van der Waals surface area (Å²) in [5.41, 5.74) is 9.02. The fourth-order valence-electron chi connectivity index (χ4n) is 4.57. The lowest BCUT2D eigenvalue weighted by molar-refractivity contribution is -0.122. The number of fused-ring (bicyclic) bond motifs is 2. The van der Waals surface area contributed by atoms with Crippen molar-refractivity contribution in [3.05, 3.63) is 36.7 Å². The van der Waals surface area contributed by atoms with Gasteiger partial charge in [-0.1, -0.05) is 12.5 Å². The normalized spacial score (nSPS) is 26.7. The van der Waals surface area contributed by atoms with E-state index < -0.39 is 0 Å². The Morgan fingerprint density at radius 3 is 2.56 bits per heavy atom. The number of nitrogens with zero attached hydrogens (tertiary/aromatic N) is 2. The van der Waals surface area contributed by atoms with Crippen LogP contribution in [-0.4, -0.2) is 21.7 Å². The average molecular weight is 390 g/mol. The van der Waals surface area contributed by atoms with Crippen molar-refractivity contribution in [2.75, 3.05) is 10.6 Å². The van der Waals surface area contributed by atoms with Crippen LogP contribution < -0.4 is 16.4 Å². The summed E-state index contributed by atoms with van der Waals surface area (Å²) in [5.74, 6) is 1.24. The molecule has 0 radical (unpaired) electrons. The van der Waals surface area contributed by atoms with Gasteiger partial charge in [-0.2, -0.15) is 5.10 Å². The van der Waals surface area contributed by atoms with Gasteiger partial charge in [0.25, 0.3) is 0 Å². The van der Waals surface area contributed by atoms with Gasteiger partial charge in [-0.25, -0.2) is 0 Å². The summed E-state index contributed by atoms with van der Waals surface area (Å²) in [6.07, 6.45) is 9.15. The van der Waals surface area contributed by atoms with Crippen LogP contribution in [0.2, 0.25) is 0 Å². The fraction of sp³-hybridized carbons (Fsp3) is 0.500. The van der Waals surface area contributed by atoms with E-state index in [2.05, 4.69) is 15.7 Å². The molecule has 2 aromatic rings. The quantitative estimate of drug-likeness (QED) is 0.744. The lowest BCUT2D eigenvalue weighted by atomic mass is 9.65. The highest BCUT2D eigenvalue weighted by molar-refractivity contribution is 5.93. The standard InChI is InChI=1S/C20H27N5O.ClH/c1-25-12-18(11-22-25)23-16-6-3-7-17(10-16)24-20(26)15-8-13-4-2-5-14(9-15)19(13)21;/h3,6-7,10-15,19,23H,2,4-5,8-9,21H2,1H3,(H,24,26);1H. The van der Waals surface area contributed by atoms with Crippen LogP contribution in [0.15, 0.2) is 36.7 Å². The molecule has 2 unspecified atom stereocenters. The monoisotopic (exact) mass is 389 g/mol. The zero-order valence-corrected chi connectivity index (χ0v) is 16.4. The van der Waals surface area contributed by atoms with Crippen molar-refractivity contribution in [1.82, 2.24) is 9.78 Å². The molecule has 0 aliphatic heterocycles. The van der Waals surface area contributed by atoms with E-state index in [0.717, 1.165) is 29.9 Å². The number of halogens is 1.